The van der Waals surface area contributed by atoms with E-state index in [2.05, 4.69) is 0 Å². The lowest BCUT2D eigenvalue weighted by atomic mass is 10.0. The molecule has 0 saturated carbocycles. The smallest absolute Gasteiger partial charge is 0.389 e. The molecule has 118 valence electrons. The molecule has 0 bridgehead atoms. The number of hydrogen-bond acceptors (Lipinski definition) is 2. The topological polar surface area (TPSA) is 29.3 Å². The van der Waals surface area contributed by atoms with Gasteiger partial charge in [0.1, 0.15) is 4.99 Å². The highest BCUT2D eigenvalue weighted by Crippen LogP contribution is 2.35. The molecule has 6 heteroatoms. The van der Waals surface area contributed by atoms with Crippen molar-refractivity contribution in [1.82, 2.24) is 0 Å². The second kappa shape index (κ2) is 6.64. The van der Waals surface area contributed by atoms with Gasteiger partial charge in [0.05, 0.1) is 5.56 Å². The molecule has 0 heterocycles. The lowest BCUT2D eigenvalue weighted by molar-refractivity contribution is -0.137. The summed E-state index contributed by atoms with van der Waals surface area (Å²) in [6.45, 7) is 8.66. The second-order valence-corrected chi connectivity index (χ2v) is 6.17. The molecule has 0 fully saturated rings. The summed E-state index contributed by atoms with van der Waals surface area (Å²) in [5.74, 6) is 0.344. The maximum Gasteiger partial charge on any atom is 0.417 e. The Morgan fingerprint density at radius 1 is 1.24 bits per heavy atom. The summed E-state index contributed by atoms with van der Waals surface area (Å²) < 4.78 is 39.5. The van der Waals surface area contributed by atoms with Gasteiger partial charge in [0.2, 0.25) is 0 Å². The summed E-state index contributed by atoms with van der Waals surface area (Å²) in [5, 5.41) is 0. The molecule has 1 aromatic carbocycles. The van der Waals surface area contributed by atoms with Crippen LogP contribution < -0.4 is 10.6 Å². The van der Waals surface area contributed by atoms with Crippen LogP contribution in [0.1, 0.15) is 38.8 Å². The summed E-state index contributed by atoms with van der Waals surface area (Å²) in [5.41, 5.74) is 5.02. The van der Waals surface area contributed by atoms with E-state index < -0.39 is 11.7 Å². The van der Waals surface area contributed by atoms with Gasteiger partial charge in [-0.05, 0) is 38.0 Å². The van der Waals surface area contributed by atoms with Gasteiger partial charge in [-0.1, -0.05) is 26.1 Å². The third-order valence-corrected chi connectivity index (χ3v) is 3.31. The highest BCUT2D eigenvalue weighted by molar-refractivity contribution is 7.80. The Morgan fingerprint density at radius 3 is 2.19 bits per heavy atom. The van der Waals surface area contributed by atoms with Crippen molar-refractivity contribution in [2.75, 3.05) is 11.4 Å². The van der Waals surface area contributed by atoms with Crippen molar-refractivity contribution in [3.8, 4) is 0 Å². The van der Waals surface area contributed by atoms with Crippen LogP contribution in [-0.4, -0.2) is 17.6 Å². The SMILES string of the molecule is CC(C)CN(c1ccc(C(N)=S)c(C(F)(F)F)c1)C(C)C. The molecule has 0 aliphatic rings. The zero-order valence-corrected chi connectivity index (χ0v) is 13.5. The fraction of sp³-hybridized carbons (Fsp3) is 0.533. The predicted molar refractivity (Wildman–Crippen MR) is 84.7 cm³/mol. The van der Waals surface area contributed by atoms with Gasteiger partial charge >= 0.3 is 6.18 Å². The quantitative estimate of drug-likeness (QED) is 0.825. The maximum atomic E-state index is 13.2. The lowest BCUT2D eigenvalue weighted by Crippen LogP contribution is -2.34. The summed E-state index contributed by atoms with van der Waals surface area (Å²) in [7, 11) is 0. The molecule has 1 rings (SSSR count). The molecule has 0 radical (unpaired) electrons. The molecular formula is C15H21F3N2S. The molecule has 0 atom stereocenters. The first-order chi connectivity index (χ1) is 9.54. The van der Waals surface area contributed by atoms with E-state index in [-0.39, 0.29) is 16.6 Å². The van der Waals surface area contributed by atoms with Crippen molar-refractivity contribution in [1.29, 1.82) is 0 Å². The van der Waals surface area contributed by atoms with Gasteiger partial charge in [-0.25, -0.2) is 0 Å². The third-order valence-electron chi connectivity index (χ3n) is 3.09. The first-order valence-corrected chi connectivity index (χ1v) is 7.22. The van der Waals surface area contributed by atoms with Crippen molar-refractivity contribution >= 4 is 22.9 Å². The molecule has 2 nitrogen and oxygen atoms in total. The third kappa shape index (κ3) is 4.59. The van der Waals surface area contributed by atoms with E-state index in [9.17, 15) is 13.2 Å². The minimum atomic E-state index is -4.48. The van der Waals surface area contributed by atoms with Gasteiger partial charge in [-0.3, -0.25) is 0 Å². The number of thiocarbonyl (C=S) groups is 1. The first kappa shape index (κ1) is 17.8. The molecule has 0 amide bonds. The number of rotatable bonds is 5. The number of anilines is 1. The van der Waals surface area contributed by atoms with E-state index in [1.54, 1.807) is 6.07 Å². The highest BCUT2D eigenvalue weighted by atomic mass is 32.1. The van der Waals surface area contributed by atoms with Crippen LogP contribution in [0.3, 0.4) is 0 Å². The molecule has 0 unspecified atom stereocenters. The normalized spacial score (nSPS) is 12.0. The number of benzene rings is 1. The van der Waals surface area contributed by atoms with E-state index in [0.717, 1.165) is 6.07 Å². The van der Waals surface area contributed by atoms with Gasteiger partial charge in [-0.15, -0.1) is 0 Å². The Bertz CT molecular complexity index is 510. The average Bonchev–Trinajstić information content (AvgIpc) is 2.33. The number of alkyl halides is 3. The van der Waals surface area contributed by atoms with Crippen LogP contribution in [0, 0.1) is 5.92 Å². The molecule has 0 saturated heterocycles. The maximum absolute atomic E-state index is 13.2. The molecule has 0 aliphatic carbocycles. The summed E-state index contributed by atoms with van der Waals surface area (Å²) >= 11 is 4.71. The standard InChI is InChI=1S/C15H21F3N2S/c1-9(2)8-20(10(3)4)11-5-6-12(14(19)21)13(7-11)15(16,17)18/h5-7,9-10H,8H2,1-4H3,(H2,19,21). The van der Waals surface area contributed by atoms with Crippen LogP contribution in [0.2, 0.25) is 0 Å². The average molecular weight is 318 g/mol. The van der Waals surface area contributed by atoms with E-state index >= 15 is 0 Å². The highest BCUT2D eigenvalue weighted by Gasteiger charge is 2.34. The lowest BCUT2D eigenvalue weighted by Gasteiger charge is -2.31. The Balaban J connectivity index is 3.35. The molecule has 0 spiro atoms. The van der Waals surface area contributed by atoms with E-state index in [4.69, 9.17) is 18.0 Å². The molecular weight excluding hydrogens is 297 g/mol. The number of hydrogen-bond donors (Lipinski definition) is 1. The fourth-order valence-corrected chi connectivity index (χ4v) is 2.35. The molecule has 0 aromatic heterocycles. The Hall–Kier alpha value is -1.30. The van der Waals surface area contributed by atoms with Crippen LogP contribution in [0.25, 0.3) is 0 Å². The van der Waals surface area contributed by atoms with Crippen molar-refractivity contribution in [2.45, 2.75) is 39.9 Å². The first-order valence-electron chi connectivity index (χ1n) is 6.81. The molecule has 1 aromatic rings. The fourth-order valence-electron chi connectivity index (χ4n) is 2.17. The Labute approximate surface area is 129 Å². The van der Waals surface area contributed by atoms with Crippen LogP contribution in [0.5, 0.6) is 0 Å². The second-order valence-electron chi connectivity index (χ2n) is 5.73. The minimum absolute atomic E-state index is 0.101. The van der Waals surface area contributed by atoms with Crippen LogP contribution >= 0.6 is 12.2 Å². The van der Waals surface area contributed by atoms with E-state index in [1.807, 2.05) is 32.6 Å². The number of nitrogens with zero attached hydrogens (tertiary/aromatic N) is 1. The van der Waals surface area contributed by atoms with Gasteiger partial charge in [-0.2, -0.15) is 13.2 Å². The van der Waals surface area contributed by atoms with Crippen molar-refractivity contribution < 1.29 is 13.2 Å². The predicted octanol–water partition coefficient (Wildman–Crippen LogP) is 4.21. The van der Waals surface area contributed by atoms with Gasteiger partial charge in [0, 0.05) is 23.8 Å². The van der Waals surface area contributed by atoms with Gasteiger partial charge < -0.3 is 10.6 Å². The summed E-state index contributed by atoms with van der Waals surface area (Å²) in [6, 6.07) is 4.24. The molecule has 0 aliphatic heterocycles. The molecule has 2 N–H and O–H groups in total. The largest absolute Gasteiger partial charge is 0.417 e. The van der Waals surface area contributed by atoms with E-state index in [0.29, 0.717) is 18.2 Å². The molecule has 21 heavy (non-hydrogen) atoms. The number of nitrogens with two attached hydrogens (primary N) is 1. The van der Waals surface area contributed by atoms with Crippen molar-refractivity contribution in [3.05, 3.63) is 29.3 Å². The Morgan fingerprint density at radius 2 is 1.81 bits per heavy atom. The van der Waals surface area contributed by atoms with Crippen LogP contribution in [-0.2, 0) is 6.18 Å². The van der Waals surface area contributed by atoms with Gasteiger partial charge in [0.15, 0.2) is 0 Å². The van der Waals surface area contributed by atoms with Crippen LogP contribution in [0.15, 0.2) is 18.2 Å². The number of halogens is 3. The monoisotopic (exact) mass is 318 g/mol. The van der Waals surface area contributed by atoms with Gasteiger partial charge in [0.25, 0.3) is 0 Å². The van der Waals surface area contributed by atoms with E-state index in [1.165, 1.54) is 6.07 Å². The van der Waals surface area contributed by atoms with Crippen molar-refractivity contribution in [3.63, 3.8) is 0 Å². The Kier molecular flexibility index (Phi) is 5.61. The minimum Gasteiger partial charge on any atom is -0.389 e. The summed E-state index contributed by atoms with van der Waals surface area (Å²) in [4.78, 5) is 1.71. The zero-order chi connectivity index (χ0) is 16.4. The van der Waals surface area contributed by atoms with Crippen molar-refractivity contribution in [2.24, 2.45) is 11.7 Å². The zero-order valence-electron chi connectivity index (χ0n) is 12.7. The summed E-state index contributed by atoms with van der Waals surface area (Å²) in [6.07, 6.45) is -4.48. The van der Waals surface area contributed by atoms with Crippen LogP contribution in [0.4, 0.5) is 18.9 Å².